The van der Waals surface area contributed by atoms with Gasteiger partial charge in [-0.1, -0.05) is 0 Å². The third kappa shape index (κ3) is 3.29. The fraction of sp³-hybridized carbons (Fsp3) is 0.200. The van der Waals surface area contributed by atoms with E-state index in [1.54, 1.807) is 5.38 Å². The van der Waals surface area contributed by atoms with Gasteiger partial charge in [-0.05, 0) is 6.92 Å². The minimum Gasteiger partial charge on any atom is -0.370 e. The number of nitrogens with one attached hydrogen (secondary N) is 1. The van der Waals surface area contributed by atoms with Crippen LogP contribution in [0.1, 0.15) is 5.01 Å². The van der Waals surface area contributed by atoms with E-state index in [4.69, 9.17) is 17.2 Å². The lowest BCUT2D eigenvalue weighted by molar-refractivity contribution is -0.114. The van der Waals surface area contributed by atoms with E-state index < -0.39 is 0 Å². The van der Waals surface area contributed by atoms with Crippen LogP contribution in [-0.2, 0) is 4.79 Å². The Labute approximate surface area is 122 Å². The minimum atomic E-state index is -0.283. The van der Waals surface area contributed by atoms with E-state index in [1.807, 2.05) is 6.92 Å². The first-order chi connectivity index (χ1) is 9.49. The Bertz CT molecular complexity index is 656. The quantitative estimate of drug-likeness (QED) is 0.474. The van der Waals surface area contributed by atoms with E-state index in [9.17, 15) is 4.79 Å². The van der Waals surface area contributed by atoms with E-state index >= 15 is 0 Å². The molecule has 7 N–H and O–H groups in total. The molecule has 0 fully saturated rings. The molecule has 2 heterocycles. The highest BCUT2D eigenvalue weighted by Gasteiger charge is 2.16. The number of hydrogen-bond acceptors (Lipinski definition) is 7. The molecule has 0 aliphatic carbocycles. The molecule has 2 aromatic heterocycles. The number of nitrogens with zero attached hydrogens (tertiary/aromatic N) is 3. The van der Waals surface area contributed by atoms with Crippen molar-refractivity contribution in [2.24, 2.45) is 22.2 Å². The Kier molecular flexibility index (Phi) is 4.27. The monoisotopic (exact) mass is 311 g/mol. The molecule has 2 aromatic rings. The number of carbonyl (C=O) groups excluding carboxylic acids is 1. The SMILES string of the molecule is Cc1nc(-c2csc(N=C(N)N)n2)c(NC(=O)CN)s1. The van der Waals surface area contributed by atoms with Crippen LogP contribution in [0, 0.1) is 6.92 Å². The fourth-order valence-corrected chi connectivity index (χ4v) is 2.93. The Hall–Kier alpha value is -2.04. The number of thiazole rings is 2. The van der Waals surface area contributed by atoms with Gasteiger partial charge in [-0.25, -0.2) is 9.97 Å². The van der Waals surface area contributed by atoms with Crippen molar-refractivity contribution < 1.29 is 4.79 Å². The molecule has 106 valence electrons. The van der Waals surface area contributed by atoms with Crippen LogP contribution in [0.5, 0.6) is 0 Å². The number of aromatic nitrogens is 2. The molecular weight excluding hydrogens is 298 g/mol. The topological polar surface area (TPSA) is 145 Å². The molecule has 2 rings (SSSR count). The van der Waals surface area contributed by atoms with Gasteiger partial charge in [-0.15, -0.1) is 22.7 Å². The van der Waals surface area contributed by atoms with Crippen LogP contribution >= 0.6 is 22.7 Å². The Morgan fingerprint density at radius 2 is 2.20 bits per heavy atom. The van der Waals surface area contributed by atoms with Crippen molar-refractivity contribution in [1.29, 1.82) is 0 Å². The van der Waals surface area contributed by atoms with Gasteiger partial charge in [0.25, 0.3) is 0 Å². The third-order valence-corrected chi connectivity index (χ3v) is 3.75. The highest BCUT2D eigenvalue weighted by Crippen LogP contribution is 2.35. The second-order valence-corrected chi connectivity index (χ2v) is 5.75. The van der Waals surface area contributed by atoms with Gasteiger partial charge in [0, 0.05) is 5.38 Å². The van der Waals surface area contributed by atoms with Crippen molar-refractivity contribution >= 4 is 44.7 Å². The highest BCUT2D eigenvalue weighted by atomic mass is 32.1. The van der Waals surface area contributed by atoms with Crippen molar-refractivity contribution in [3.8, 4) is 11.4 Å². The molecule has 0 atom stereocenters. The zero-order chi connectivity index (χ0) is 14.7. The molecule has 0 spiro atoms. The maximum atomic E-state index is 11.4. The second-order valence-electron chi connectivity index (χ2n) is 3.71. The smallest absolute Gasteiger partial charge is 0.238 e. The summed E-state index contributed by atoms with van der Waals surface area (Å²) in [6.07, 6.45) is 0. The summed E-state index contributed by atoms with van der Waals surface area (Å²) < 4.78 is 0. The summed E-state index contributed by atoms with van der Waals surface area (Å²) in [5, 5.41) is 6.33. The van der Waals surface area contributed by atoms with Crippen LogP contribution in [0.15, 0.2) is 10.4 Å². The molecule has 0 radical (unpaired) electrons. The van der Waals surface area contributed by atoms with Crippen LogP contribution < -0.4 is 22.5 Å². The minimum absolute atomic E-state index is 0.0583. The molecule has 0 aliphatic rings. The molecule has 0 saturated carbocycles. The molecule has 8 nitrogen and oxygen atoms in total. The summed E-state index contributed by atoms with van der Waals surface area (Å²) in [5.74, 6) is -0.341. The third-order valence-electron chi connectivity index (χ3n) is 2.13. The average Bonchev–Trinajstić information content (AvgIpc) is 2.95. The molecule has 10 heteroatoms. The molecule has 0 aliphatic heterocycles. The lowest BCUT2D eigenvalue weighted by Gasteiger charge is -2.01. The average molecular weight is 311 g/mol. The Balaban J connectivity index is 2.34. The Morgan fingerprint density at radius 1 is 1.45 bits per heavy atom. The zero-order valence-electron chi connectivity index (χ0n) is 10.6. The number of amides is 1. The molecular formula is C10H13N7OS2. The van der Waals surface area contributed by atoms with Crippen molar-refractivity contribution in [1.82, 2.24) is 9.97 Å². The zero-order valence-corrected chi connectivity index (χ0v) is 12.2. The van der Waals surface area contributed by atoms with Crippen LogP contribution in [0.25, 0.3) is 11.4 Å². The summed E-state index contributed by atoms with van der Waals surface area (Å²) in [6, 6.07) is 0. The lowest BCUT2D eigenvalue weighted by Crippen LogP contribution is -2.21. The van der Waals surface area contributed by atoms with Gasteiger partial charge in [0.05, 0.1) is 11.6 Å². The Morgan fingerprint density at radius 3 is 2.85 bits per heavy atom. The van der Waals surface area contributed by atoms with E-state index in [0.717, 1.165) is 5.01 Å². The molecule has 0 saturated heterocycles. The summed E-state index contributed by atoms with van der Waals surface area (Å²) in [5.41, 5.74) is 17.1. The number of aliphatic imine (C=N–C) groups is 1. The number of guanidine groups is 1. The fourth-order valence-electron chi connectivity index (χ4n) is 1.40. The predicted molar refractivity (Wildman–Crippen MR) is 81.1 cm³/mol. The molecule has 20 heavy (non-hydrogen) atoms. The number of aryl methyl sites for hydroxylation is 1. The lowest BCUT2D eigenvalue weighted by atomic mass is 10.3. The first kappa shape index (κ1) is 14.4. The molecule has 1 amide bonds. The number of anilines is 1. The van der Waals surface area contributed by atoms with Gasteiger partial charge in [0.2, 0.25) is 11.0 Å². The van der Waals surface area contributed by atoms with Gasteiger partial charge in [-0.2, -0.15) is 4.99 Å². The first-order valence-corrected chi connectivity index (χ1v) is 7.22. The first-order valence-electron chi connectivity index (χ1n) is 5.52. The van der Waals surface area contributed by atoms with Crippen molar-refractivity contribution in [3.05, 3.63) is 10.4 Å². The van der Waals surface area contributed by atoms with Crippen LogP contribution in [0.3, 0.4) is 0 Å². The van der Waals surface area contributed by atoms with Crippen LogP contribution in [0.4, 0.5) is 10.1 Å². The summed E-state index contributed by atoms with van der Waals surface area (Å²) in [6.45, 7) is 1.75. The van der Waals surface area contributed by atoms with Crippen molar-refractivity contribution in [2.45, 2.75) is 6.92 Å². The van der Waals surface area contributed by atoms with E-state index in [-0.39, 0.29) is 18.4 Å². The van der Waals surface area contributed by atoms with Gasteiger partial charge < -0.3 is 22.5 Å². The summed E-state index contributed by atoms with van der Waals surface area (Å²) in [7, 11) is 0. The normalized spacial score (nSPS) is 10.3. The van der Waals surface area contributed by atoms with Gasteiger partial charge in [0.15, 0.2) is 5.96 Å². The van der Waals surface area contributed by atoms with Crippen molar-refractivity contribution in [3.63, 3.8) is 0 Å². The number of nitrogens with two attached hydrogens (primary N) is 3. The second kappa shape index (κ2) is 5.94. The summed E-state index contributed by atoms with van der Waals surface area (Å²) >= 11 is 2.64. The predicted octanol–water partition coefficient (Wildman–Crippen LogP) is 0.377. The number of rotatable bonds is 4. The van der Waals surface area contributed by atoms with Gasteiger partial charge in [-0.3, -0.25) is 4.79 Å². The maximum Gasteiger partial charge on any atom is 0.238 e. The maximum absolute atomic E-state index is 11.4. The van der Waals surface area contributed by atoms with Crippen molar-refractivity contribution in [2.75, 3.05) is 11.9 Å². The van der Waals surface area contributed by atoms with Gasteiger partial charge in [0.1, 0.15) is 16.4 Å². The molecule has 0 unspecified atom stereocenters. The number of hydrogen-bond donors (Lipinski definition) is 4. The highest BCUT2D eigenvalue weighted by molar-refractivity contribution is 7.16. The summed E-state index contributed by atoms with van der Waals surface area (Å²) in [4.78, 5) is 23.9. The van der Waals surface area contributed by atoms with Crippen LogP contribution in [0.2, 0.25) is 0 Å². The van der Waals surface area contributed by atoms with Crippen LogP contribution in [-0.4, -0.2) is 28.4 Å². The number of carbonyl (C=O) groups is 1. The van der Waals surface area contributed by atoms with E-state index in [0.29, 0.717) is 21.5 Å². The molecule has 0 bridgehead atoms. The molecule has 0 aromatic carbocycles. The largest absolute Gasteiger partial charge is 0.370 e. The van der Waals surface area contributed by atoms with E-state index in [2.05, 4.69) is 20.3 Å². The van der Waals surface area contributed by atoms with Gasteiger partial charge >= 0.3 is 0 Å². The standard InChI is InChI=1S/C10H13N7OS2/c1-4-14-7(8(20-4)16-6(18)2-11)5-3-19-10(15-5)17-9(12)13/h3H,2,11H2,1H3,(H,16,18)(H4,12,13,15,17). The van der Waals surface area contributed by atoms with E-state index in [1.165, 1.54) is 22.7 Å².